The molecule has 1 spiro atoms. The Bertz CT molecular complexity index is 945. The van der Waals surface area contributed by atoms with Crippen molar-refractivity contribution in [3.05, 3.63) is 41.7 Å². The maximum absolute atomic E-state index is 13.4. The number of hydrogen-bond donors (Lipinski definition) is 2. The van der Waals surface area contributed by atoms with E-state index < -0.39 is 23.4 Å². The number of rotatable bonds is 4. The van der Waals surface area contributed by atoms with Gasteiger partial charge in [0.2, 0.25) is 5.91 Å². The average molecular weight is 393 g/mol. The number of alkyl halides is 3. The first-order chi connectivity index (χ1) is 13.2. The topological polar surface area (TPSA) is 84.2 Å². The Hall–Kier alpha value is -2.84. The van der Waals surface area contributed by atoms with Gasteiger partial charge >= 0.3 is 12.1 Å². The van der Waals surface area contributed by atoms with E-state index in [-0.39, 0.29) is 22.9 Å². The lowest BCUT2D eigenvalue weighted by atomic mass is 10.0. The van der Waals surface area contributed by atoms with E-state index >= 15 is 0 Å². The minimum atomic E-state index is -4.90. The third-order valence-corrected chi connectivity index (χ3v) is 5.73. The number of anilines is 1. The van der Waals surface area contributed by atoms with Crippen molar-refractivity contribution in [1.29, 1.82) is 0 Å². The number of halogens is 3. The van der Waals surface area contributed by atoms with Gasteiger partial charge in [0.05, 0.1) is 11.9 Å². The SMILES string of the molecule is O=C(O)c1cnn(-c2cccc(NC(=O)C3CC34CCCC4)c2)c1C(F)(F)F. The molecule has 1 heterocycles. The molecule has 1 atom stereocenters. The van der Waals surface area contributed by atoms with Crippen molar-refractivity contribution in [3.63, 3.8) is 0 Å². The zero-order chi connectivity index (χ0) is 20.1. The van der Waals surface area contributed by atoms with Gasteiger partial charge in [-0.25, -0.2) is 9.48 Å². The van der Waals surface area contributed by atoms with Crippen LogP contribution in [-0.4, -0.2) is 26.8 Å². The molecular weight excluding hydrogens is 375 g/mol. The van der Waals surface area contributed by atoms with E-state index in [1.54, 1.807) is 6.07 Å². The highest BCUT2D eigenvalue weighted by atomic mass is 19.4. The second-order valence-corrected chi connectivity index (χ2v) is 7.49. The van der Waals surface area contributed by atoms with Crippen LogP contribution >= 0.6 is 0 Å². The molecule has 6 nitrogen and oxygen atoms in total. The molecule has 2 fully saturated rings. The summed E-state index contributed by atoms with van der Waals surface area (Å²) < 4.78 is 40.7. The molecule has 9 heteroatoms. The van der Waals surface area contributed by atoms with Crippen LogP contribution in [-0.2, 0) is 11.0 Å². The molecule has 1 aromatic heterocycles. The van der Waals surface area contributed by atoms with Crippen molar-refractivity contribution in [1.82, 2.24) is 9.78 Å². The summed E-state index contributed by atoms with van der Waals surface area (Å²) in [5.41, 5.74) is -1.81. The van der Waals surface area contributed by atoms with Crippen LogP contribution in [0.25, 0.3) is 5.69 Å². The highest BCUT2D eigenvalue weighted by molar-refractivity contribution is 5.95. The summed E-state index contributed by atoms with van der Waals surface area (Å²) in [5.74, 6) is -1.88. The molecule has 1 amide bonds. The monoisotopic (exact) mass is 393 g/mol. The van der Waals surface area contributed by atoms with Crippen LogP contribution in [0.15, 0.2) is 30.5 Å². The molecule has 1 aromatic carbocycles. The summed E-state index contributed by atoms with van der Waals surface area (Å²) in [6.45, 7) is 0. The first-order valence-corrected chi connectivity index (χ1v) is 9.01. The van der Waals surface area contributed by atoms with Crippen LogP contribution < -0.4 is 5.32 Å². The van der Waals surface area contributed by atoms with Crippen LogP contribution in [0.2, 0.25) is 0 Å². The summed E-state index contributed by atoms with van der Waals surface area (Å²) in [6, 6.07) is 5.81. The smallest absolute Gasteiger partial charge is 0.434 e. The van der Waals surface area contributed by atoms with Gasteiger partial charge < -0.3 is 10.4 Å². The minimum absolute atomic E-state index is 0.0176. The number of carbonyl (C=O) groups is 2. The van der Waals surface area contributed by atoms with Gasteiger partial charge in [0.25, 0.3) is 0 Å². The fourth-order valence-electron chi connectivity index (χ4n) is 4.27. The van der Waals surface area contributed by atoms with Crippen molar-refractivity contribution >= 4 is 17.6 Å². The van der Waals surface area contributed by atoms with Crippen LogP contribution in [0.3, 0.4) is 0 Å². The third-order valence-electron chi connectivity index (χ3n) is 5.73. The lowest BCUT2D eigenvalue weighted by molar-refractivity contribution is -0.143. The van der Waals surface area contributed by atoms with Crippen LogP contribution in [0, 0.1) is 11.3 Å². The van der Waals surface area contributed by atoms with Crippen LogP contribution in [0.4, 0.5) is 18.9 Å². The van der Waals surface area contributed by atoms with E-state index in [4.69, 9.17) is 5.11 Å². The quantitative estimate of drug-likeness (QED) is 0.819. The molecule has 1 unspecified atom stereocenters. The van der Waals surface area contributed by atoms with Crippen molar-refractivity contribution < 1.29 is 27.9 Å². The molecular formula is C19H18F3N3O3. The van der Waals surface area contributed by atoms with E-state index in [1.807, 2.05) is 0 Å². The first-order valence-electron chi connectivity index (χ1n) is 9.01. The van der Waals surface area contributed by atoms with Crippen molar-refractivity contribution in [2.45, 2.75) is 38.3 Å². The maximum Gasteiger partial charge on any atom is 0.434 e. The Labute approximate surface area is 158 Å². The van der Waals surface area contributed by atoms with E-state index in [1.165, 1.54) is 18.2 Å². The van der Waals surface area contributed by atoms with Gasteiger partial charge in [-0.05, 0) is 42.9 Å². The number of hydrogen-bond acceptors (Lipinski definition) is 3. The van der Waals surface area contributed by atoms with Crippen molar-refractivity contribution in [2.24, 2.45) is 11.3 Å². The lowest BCUT2D eigenvalue weighted by Crippen LogP contribution is -2.19. The summed E-state index contributed by atoms with van der Waals surface area (Å²) in [4.78, 5) is 23.6. The predicted molar refractivity (Wildman–Crippen MR) is 93.2 cm³/mol. The second kappa shape index (κ2) is 6.35. The van der Waals surface area contributed by atoms with Gasteiger partial charge in [0.15, 0.2) is 5.69 Å². The van der Waals surface area contributed by atoms with E-state index in [0.29, 0.717) is 16.6 Å². The normalized spacial score (nSPS) is 20.3. The number of aromatic carboxylic acids is 1. The van der Waals surface area contributed by atoms with Gasteiger partial charge in [0, 0.05) is 11.6 Å². The molecule has 0 aliphatic heterocycles. The van der Waals surface area contributed by atoms with Gasteiger partial charge in [-0.15, -0.1) is 0 Å². The molecule has 2 aromatic rings. The minimum Gasteiger partial charge on any atom is -0.478 e. The predicted octanol–water partition coefficient (Wildman–Crippen LogP) is 4.11. The molecule has 28 heavy (non-hydrogen) atoms. The summed E-state index contributed by atoms with van der Waals surface area (Å²) in [5, 5.41) is 15.4. The number of carboxylic acids is 1. The molecule has 2 N–H and O–H groups in total. The lowest BCUT2D eigenvalue weighted by Gasteiger charge is -2.13. The van der Waals surface area contributed by atoms with E-state index in [0.717, 1.165) is 32.1 Å². The molecule has 148 valence electrons. The van der Waals surface area contributed by atoms with Gasteiger partial charge in [0.1, 0.15) is 5.56 Å². The molecule has 4 rings (SSSR count). The number of nitrogens with zero attached hydrogens (tertiary/aromatic N) is 2. The Morgan fingerprint density at radius 2 is 1.96 bits per heavy atom. The molecule has 0 radical (unpaired) electrons. The Kier molecular flexibility index (Phi) is 4.20. The molecule has 0 bridgehead atoms. The number of aromatic nitrogens is 2. The van der Waals surface area contributed by atoms with Crippen molar-refractivity contribution in [2.75, 3.05) is 5.32 Å². The Morgan fingerprint density at radius 1 is 1.25 bits per heavy atom. The fourth-order valence-corrected chi connectivity index (χ4v) is 4.27. The molecule has 2 saturated carbocycles. The van der Waals surface area contributed by atoms with E-state index in [9.17, 15) is 22.8 Å². The Morgan fingerprint density at radius 3 is 2.61 bits per heavy atom. The third kappa shape index (κ3) is 3.14. The largest absolute Gasteiger partial charge is 0.478 e. The second-order valence-electron chi connectivity index (χ2n) is 7.49. The summed E-state index contributed by atoms with van der Waals surface area (Å²) >= 11 is 0. The summed E-state index contributed by atoms with van der Waals surface area (Å²) in [6.07, 6.45) is 0.987. The number of carbonyl (C=O) groups excluding carboxylic acids is 1. The average Bonchev–Trinajstić information content (AvgIpc) is 2.97. The fraction of sp³-hybridized carbons (Fsp3) is 0.421. The van der Waals surface area contributed by atoms with Crippen LogP contribution in [0.1, 0.15) is 48.2 Å². The molecule has 2 aliphatic carbocycles. The number of benzene rings is 1. The van der Waals surface area contributed by atoms with Crippen molar-refractivity contribution in [3.8, 4) is 5.69 Å². The molecule has 0 saturated heterocycles. The highest BCUT2D eigenvalue weighted by Crippen LogP contribution is 2.63. The van der Waals surface area contributed by atoms with E-state index in [2.05, 4.69) is 10.4 Å². The zero-order valence-corrected chi connectivity index (χ0v) is 14.8. The first kappa shape index (κ1) is 18.5. The van der Waals surface area contributed by atoms with Gasteiger partial charge in [-0.3, -0.25) is 4.79 Å². The zero-order valence-electron chi connectivity index (χ0n) is 14.8. The van der Waals surface area contributed by atoms with Crippen LogP contribution in [0.5, 0.6) is 0 Å². The van der Waals surface area contributed by atoms with Gasteiger partial charge in [-0.2, -0.15) is 18.3 Å². The molecule has 2 aliphatic rings. The standard InChI is InChI=1S/C19H18F3N3O3/c20-19(21,22)15-13(17(27)28)10-23-25(15)12-5-3-4-11(8-12)24-16(26)14-9-18(14)6-1-2-7-18/h3-5,8,10,14H,1-2,6-7,9H2,(H,24,26)(H,27,28). The Balaban J connectivity index is 1.60. The maximum atomic E-state index is 13.4. The number of amides is 1. The van der Waals surface area contributed by atoms with Gasteiger partial charge in [-0.1, -0.05) is 18.9 Å². The highest BCUT2D eigenvalue weighted by Gasteiger charge is 2.58. The number of carboxylic acid groups (broad SMARTS) is 1. The number of nitrogens with one attached hydrogen (secondary N) is 1. The summed E-state index contributed by atoms with van der Waals surface area (Å²) in [7, 11) is 0.